The Hall–Kier alpha value is -2.83. The van der Waals surface area contributed by atoms with Crippen molar-refractivity contribution in [2.45, 2.75) is 13.8 Å². The number of amides is 1. The van der Waals surface area contributed by atoms with Crippen molar-refractivity contribution in [3.8, 4) is 0 Å². The van der Waals surface area contributed by atoms with Crippen molar-refractivity contribution in [2.75, 3.05) is 5.32 Å². The number of nitro benzene ring substituents is 1. The smallest absolute Gasteiger partial charge is 0.270 e. The van der Waals surface area contributed by atoms with Gasteiger partial charge in [0, 0.05) is 17.8 Å². The zero-order valence-electron chi connectivity index (χ0n) is 11.4. The van der Waals surface area contributed by atoms with E-state index in [-0.39, 0.29) is 22.6 Å². The Kier molecular flexibility index (Phi) is 3.93. The number of rotatable bonds is 3. The third kappa shape index (κ3) is 3.19. The summed E-state index contributed by atoms with van der Waals surface area (Å²) in [5.41, 5.74) is -0.00342. The zero-order valence-corrected chi connectivity index (χ0v) is 11.4. The predicted molar refractivity (Wildman–Crippen MR) is 74.7 cm³/mol. The molecule has 0 spiro atoms. The second-order valence-electron chi connectivity index (χ2n) is 4.50. The number of carbonyl (C=O) groups excluding carboxylic acids is 1. The number of pyridine rings is 1. The highest BCUT2D eigenvalue weighted by molar-refractivity contribution is 6.04. The average Bonchev–Trinajstić information content (AvgIpc) is 2.41. The van der Waals surface area contributed by atoms with E-state index >= 15 is 0 Å². The number of non-ortho nitro benzene ring substituents is 1. The van der Waals surface area contributed by atoms with Gasteiger partial charge in [-0.3, -0.25) is 14.9 Å². The van der Waals surface area contributed by atoms with E-state index in [1.54, 1.807) is 25.1 Å². The van der Waals surface area contributed by atoms with Gasteiger partial charge in [-0.15, -0.1) is 0 Å². The number of benzene rings is 1. The summed E-state index contributed by atoms with van der Waals surface area (Å²) < 4.78 is 14.0. The fraction of sp³-hybridized carbons (Fsp3) is 0.143. The van der Waals surface area contributed by atoms with E-state index in [0.29, 0.717) is 5.69 Å². The van der Waals surface area contributed by atoms with Gasteiger partial charge in [0.2, 0.25) is 0 Å². The monoisotopic (exact) mass is 289 g/mol. The largest absolute Gasteiger partial charge is 0.306 e. The molecule has 0 aliphatic heterocycles. The molecule has 108 valence electrons. The second kappa shape index (κ2) is 5.66. The van der Waals surface area contributed by atoms with Gasteiger partial charge < -0.3 is 5.32 Å². The lowest BCUT2D eigenvalue weighted by Crippen LogP contribution is -2.16. The van der Waals surface area contributed by atoms with Crippen LogP contribution >= 0.6 is 0 Å². The van der Waals surface area contributed by atoms with Crippen LogP contribution in [0.5, 0.6) is 0 Å². The fourth-order valence-electron chi connectivity index (χ4n) is 1.82. The Morgan fingerprint density at radius 2 is 2.05 bits per heavy atom. The van der Waals surface area contributed by atoms with Crippen LogP contribution in [0, 0.1) is 29.8 Å². The first kappa shape index (κ1) is 14.6. The van der Waals surface area contributed by atoms with E-state index in [1.807, 2.05) is 0 Å². The minimum absolute atomic E-state index is 0.0338. The lowest BCUT2D eigenvalue weighted by molar-refractivity contribution is -0.385. The van der Waals surface area contributed by atoms with Gasteiger partial charge >= 0.3 is 0 Å². The molecule has 7 heteroatoms. The molecule has 6 nitrogen and oxygen atoms in total. The molecule has 0 radical (unpaired) electrons. The van der Waals surface area contributed by atoms with Crippen LogP contribution in [0.2, 0.25) is 0 Å². The number of halogens is 1. The van der Waals surface area contributed by atoms with E-state index in [2.05, 4.69) is 10.3 Å². The first-order chi connectivity index (χ1) is 9.88. The van der Waals surface area contributed by atoms with Crippen molar-refractivity contribution in [3.63, 3.8) is 0 Å². The highest BCUT2D eigenvalue weighted by Crippen LogP contribution is 2.21. The normalized spacial score (nSPS) is 10.2. The van der Waals surface area contributed by atoms with E-state index in [9.17, 15) is 19.3 Å². The molecular formula is C14H12FN3O3. The lowest BCUT2D eigenvalue weighted by Gasteiger charge is -2.07. The Bertz CT molecular complexity index is 731. The average molecular weight is 289 g/mol. The number of nitrogens with one attached hydrogen (secondary N) is 1. The van der Waals surface area contributed by atoms with Crippen LogP contribution in [-0.4, -0.2) is 15.8 Å². The van der Waals surface area contributed by atoms with Gasteiger partial charge in [0.05, 0.1) is 10.5 Å². The Labute approximate surface area is 119 Å². The molecule has 0 unspecified atom stereocenters. The SMILES string of the molecule is Cc1cccc(NC(=O)c2cc([N+](=O)[O-])cc(C)c2F)n1. The highest BCUT2D eigenvalue weighted by Gasteiger charge is 2.20. The van der Waals surface area contributed by atoms with Gasteiger partial charge in [-0.25, -0.2) is 9.37 Å². The van der Waals surface area contributed by atoms with Crippen molar-refractivity contribution in [2.24, 2.45) is 0 Å². The maximum Gasteiger partial charge on any atom is 0.270 e. The molecule has 1 aromatic carbocycles. The molecule has 2 rings (SSSR count). The summed E-state index contributed by atoms with van der Waals surface area (Å²) in [5, 5.41) is 13.2. The molecular weight excluding hydrogens is 277 g/mol. The molecule has 0 fully saturated rings. The molecule has 1 amide bonds. The number of hydrogen-bond donors (Lipinski definition) is 1. The van der Waals surface area contributed by atoms with Crippen molar-refractivity contribution in [1.29, 1.82) is 0 Å². The molecule has 1 heterocycles. The van der Waals surface area contributed by atoms with Gasteiger partial charge in [0.15, 0.2) is 0 Å². The Morgan fingerprint density at radius 3 is 2.67 bits per heavy atom. The van der Waals surface area contributed by atoms with Crippen LogP contribution in [0.4, 0.5) is 15.9 Å². The van der Waals surface area contributed by atoms with Crippen molar-refractivity contribution in [3.05, 3.63) is 63.1 Å². The number of nitrogens with zero attached hydrogens (tertiary/aromatic N) is 2. The van der Waals surface area contributed by atoms with Crippen LogP contribution in [0.1, 0.15) is 21.6 Å². The van der Waals surface area contributed by atoms with Crippen LogP contribution < -0.4 is 5.32 Å². The summed E-state index contributed by atoms with van der Waals surface area (Å²) >= 11 is 0. The Balaban J connectivity index is 2.37. The molecule has 0 atom stereocenters. The molecule has 0 bridgehead atoms. The standard InChI is InChI=1S/C14H12FN3O3/c1-8-6-10(18(20)21)7-11(13(8)15)14(19)17-12-5-3-4-9(2)16-12/h3-7H,1-2H3,(H,16,17,19). The van der Waals surface area contributed by atoms with Gasteiger partial charge in [0.1, 0.15) is 11.6 Å². The zero-order chi connectivity index (χ0) is 15.6. The van der Waals surface area contributed by atoms with Crippen LogP contribution in [0.25, 0.3) is 0 Å². The predicted octanol–water partition coefficient (Wildman–Crippen LogP) is 3.00. The molecule has 0 saturated heterocycles. The molecule has 1 N–H and O–H groups in total. The summed E-state index contributed by atoms with van der Waals surface area (Å²) in [5.74, 6) is -1.31. The van der Waals surface area contributed by atoms with E-state index < -0.39 is 16.6 Å². The van der Waals surface area contributed by atoms with Crippen molar-refractivity contribution < 1.29 is 14.1 Å². The number of nitro groups is 1. The second-order valence-corrected chi connectivity index (χ2v) is 4.50. The van der Waals surface area contributed by atoms with E-state index in [0.717, 1.165) is 12.1 Å². The van der Waals surface area contributed by atoms with E-state index in [4.69, 9.17) is 0 Å². The molecule has 0 aliphatic carbocycles. The first-order valence-corrected chi connectivity index (χ1v) is 6.08. The van der Waals surface area contributed by atoms with Gasteiger partial charge in [0.25, 0.3) is 11.6 Å². The lowest BCUT2D eigenvalue weighted by atomic mass is 10.1. The maximum atomic E-state index is 14.0. The van der Waals surface area contributed by atoms with Crippen LogP contribution in [0.3, 0.4) is 0 Å². The Morgan fingerprint density at radius 1 is 1.33 bits per heavy atom. The minimum Gasteiger partial charge on any atom is -0.306 e. The summed E-state index contributed by atoms with van der Waals surface area (Å²) in [6, 6.07) is 6.97. The number of aromatic nitrogens is 1. The number of anilines is 1. The van der Waals surface area contributed by atoms with Crippen LogP contribution in [0.15, 0.2) is 30.3 Å². The number of aryl methyl sites for hydroxylation is 2. The highest BCUT2D eigenvalue weighted by atomic mass is 19.1. The van der Waals surface area contributed by atoms with Crippen LogP contribution in [-0.2, 0) is 0 Å². The van der Waals surface area contributed by atoms with Gasteiger partial charge in [-0.1, -0.05) is 6.07 Å². The number of hydrogen-bond acceptors (Lipinski definition) is 4. The summed E-state index contributed by atoms with van der Waals surface area (Å²) in [7, 11) is 0. The summed E-state index contributed by atoms with van der Waals surface area (Å²) in [6.07, 6.45) is 0. The van der Waals surface area contributed by atoms with Gasteiger partial charge in [-0.05, 0) is 31.5 Å². The topological polar surface area (TPSA) is 85.1 Å². The van der Waals surface area contributed by atoms with Crippen molar-refractivity contribution >= 4 is 17.4 Å². The quantitative estimate of drug-likeness (QED) is 0.695. The van der Waals surface area contributed by atoms with E-state index in [1.165, 1.54) is 6.92 Å². The summed E-state index contributed by atoms with van der Waals surface area (Å²) in [4.78, 5) is 26.2. The number of carbonyl (C=O) groups is 1. The van der Waals surface area contributed by atoms with Gasteiger partial charge in [-0.2, -0.15) is 0 Å². The third-order valence-electron chi connectivity index (χ3n) is 2.82. The fourth-order valence-corrected chi connectivity index (χ4v) is 1.82. The first-order valence-electron chi connectivity index (χ1n) is 6.08. The molecule has 21 heavy (non-hydrogen) atoms. The molecule has 2 aromatic rings. The van der Waals surface area contributed by atoms with Crippen molar-refractivity contribution in [1.82, 2.24) is 4.98 Å². The third-order valence-corrected chi connectivity index (χ3v) is 2.82. The maximum absolute atomic E-state index is 14.0. The molecule has 0 saturated carbocycles. The summed E-state index contributed by atoms with van der Waals surface area (Å²) in [6.45, 7) is 3.11. The molecule has 0 aliphatic rings. The molecule has 1 aromatic heterocycles. The minimum atomic E-state index is -0.786.